The van der Waals surface area contributed by atoms with Gasteiger partial charge in [0.1, 0.15) is 0 Å². The van der Waals surface area contributed by atoms with Crippen LogP contribution in [0.3, 0.4) is 0 Å². The van der Waals surface area contributed by atoms with Crippen molar-refractivity contribution in [2.45, 2.75) is 38.9 Å². The molecule has 2 nitrogen and oxygen atoms in total. The predicted molar refractivity (Wildman–Crippen MR) is 45.2 cm³/mol. The maximum atomic E-state index is 10.7. The molecule has 0 aromatic heterocycles. The second kappa shape index (κ2) is 2.38. The highest BCUT2D eigenvalue weighted by molar-refractivity contribution is 7.04. The minimum atomic E-state index is -2.07. The molecular formula is C7H16O2Si. The Morgan fingerprint density at radius 3 is 1.60 bits per heavy atom. The van der Waals surface area contributed by atoms with E-state index in [9.17, 15) is 4.79 Å². The smallest absolute Gasteiger partial charge is 0.269 e. The van der Waals surface area contributed by atoms with Gasteiger partial charge in [0.15, 0.2) is 8.07 Å². The molecule has 0 aromatic carbocycles. The van der Waals surface area contributed by atoms with Crippen molar-refractivity contribution in [3.63, 3.8) is 0 Å². The van der Waals surface area contributed by atoms with Crippen molar-refractivity contribution in [1.29, 1.82) is 0 Å². The molecule has 0 saturated heterocycles. The second-order valence-electron chi connectivity index (χ2n) is 4.18. The number of carbonyl (C=O) groups is 1. The van der Waals surface area contributed by atoms with Gasteiger partial charge in [-0.15, -0.1) is 0 Å². The second-order valence-corrected chi connectivity index (χ2v) is 9.36. The van der Waals surface area contributed by atoms with Crippen molar-refractivity contribution in [2.24, 2.45) is 0 Å². The highest BCUT2D eigenvalue weighted by Gasteiger charge is 2.42. The van der Waals surface area contributed by atoms with E-state index < -0.39 is 13.7 Å². The number of rotatable bonds is 1. The van der Waals surface area contributed by atoms with Gasteiger partial charge in [-0.25, -0.2) is 0 Å². The zero-order chi connectivity index (χ0) is 8.58. The first kappa shape index (κ1) is 9.69. The minimum absolute atomic E-state index is 0.0428. The van der Waals surface area contributed by atoms with Crippen molar-refractivity contribution < 1.29 is 9.90 Å². The van der Waals surface area contributed by atoms with E-state index in [-0.39, 0.29) is 5.04 Å². The molecule has 10 heavy (non-hydrogen) atoms. The summed E-state index contributed by atoms with van der Waals surface area (Å²) in [6.07, 6.45) is 0. The van der Waals surface area contributed by atoms with Crippen molar-refractivity contribution >= 4 is 13.7 Å². The molecule has 0 radical (unpaired) electrons. The molecule has 0 aliphatic rings. The monoisotopic (exact) mass is 160 g/mol. The molecule has 0 unspecified atom stereocenters. The van der Waals surface area contributed by atoms with E-state index in [0.29, 0.717) is 0 Å². The lowest BCUT2D eigenvalue weighted by molar-refractivity contribution is 0.217. The quantitative estimate of drug-likeness (QED) is 0.599. The maximum Gasteiger partial charge on any atom is 0.269 e. The molecule has 0 saturated carbocycles. The zero-order valence-electron chi connectivity index (χ0n) is 7.36. The normalized spacial score (nSPS) is 13.3. The van der Waals surface area contributed by atoms with Gasteiger partial charge in [0.05, 0.1) is 0 Å². The van der Waals surface area contributed by atoms with Crippen molar-refractivity contribution in [3.05, 3.63) is 0 Å². The molecule has 60 valence electrons. The zero-order valence-corrected chi connectivity index (χ0v) is 8.36. The molecule has 0 bridgehead atoms. The van der Waals surface area contributed by atoms with E-state index >= 15 is 0 Å². The first-order valence-electron chi connectivity index (χ1n) is 3.43. The molecule has 0 heterocycles. The van der Waals surface area contributed by atoms with Crippen LogP contribution < -0.4 is 0 Å². The first-order chi connectivity index (χ1) is 4.19. The largest absolute Gasteiger partial charge is 0.486 e. The number of carboxylic acid groups (broad SMARTS) is 1. The number of hydrogen-bond acceptors (Lipinski definition) is 1. The minimum Gasteiger partial charge on any atom is -0.486 e. The molecule has 0 aromatic rings. The molecule has 0 amide bonds. The molecular weight excluding hydrogens is 144 g/mol. The van der Waals surface area contributed by atoms with Crippen molar-refractivity contribution in [3.8, 4) is 0 Å². The summed E-state index contributed by atoms with van der Waals surface area (Å²) < 4.78 is 0. The van der Waals surface area contributed by atoms with E-state index in [1.165, 1.54) is 0 Å². The summed E-state index contributed by atoms with van der Waals surface area (Å²) in [4.78, 5) is 10.7. The molecule has 0 atom stereocenters. The van der Waals surface area contributed by atoms with Crippen LogP contribution in [0.15, 0.2) is 0 Å². The van der Waals surface area contributed by atoms with Crippen LogP contribution in [-0.4, -0.2) is 18.8 Å². The van der Waals surface area contributed by atoms with Crippen LogP contribution in [0.25, 0.3) is 0 Å². The Morgan fingerprint density at radius 2 is 1.60 bits per heavy atom. The highest BCUT2D eigenvalue weighted by Crippen LogP contribution is 2.35. The molecule has 1 N–H and O–H groups in total. The first-order valence-corrected chi connectivity index (χ1v) is 6.43. The van der Waals surface area contributed by atoms with E-state index in [4.69, 9.17) is 5.11 Å². The van der Waals surface area contributed by atoms with E-state index in [2.05, 4.69) is 0 Å². The summed E-state index contributed by atoms with van der Waals surface area (Å²) in [6, 6.07) is 0. The third kappa shape index (κ3) is 1.59. The van der Waals surface area contributed by atoms with Crippen molar-refractivity contribution in [1.82, 2.24) is 0 Å². The summed E-state index contributed by atoms with van der Waals surface area (Å²) in [6.45, 7) is 9.75. The van der Waals surface area contributed by atoms with Gasteiger partial charge in [-0.2, -0.15) is 0 Å². The fourth-order valence-electron chi connectivity index (χ4n) is 0.321. The van der Waals surface area contributed by atoms with Crippen LogP contribution in [0, 0.1) is 0 Å². The van der Waals surface area contributed by atoms with Gasteiger partial charge in [-0.05, 0) is 5.04 Å². The standard InChI is InChI=1S/C7H16O2Si/c1-7(2,3)10(4,5)6(8)9/h1-5H3,(H,8,9). The van der Waals surface area contributed by atoms with Crippen LogP contribution in [0.2, 0.25) is 18.1 Å². The van der Waals surface area contributed by atoms with Crippen LogP contribution in [0.4, 0.5) is 4.79 Å². The van der Waals surface area contributed by atoms with Crippen LogP contribution in [0.5, 0.6) is 0 Å². The van der Waals surface area contributed by atoms with E-state index in [1.54, 1.807) is 0 Å². The molecule has 3 heteroatoms. The highest BCUT2D eigenvalue weighted by atomic mass is 28.3. The Balaban J connectivity index is 4.57. The molecule has 0 rings (SSSR count). The van der Waals surface area contributed by atoms with Gasteiger partial charge >= 0.3 is 0 Å². The Morgan fingerprint density at radius 1 is 1.30 bits per heavy atom. The van der Waals surface area contributed by atoms with Gasteiger partial charge in [0.25, 0.3) is 5.59 Å². The molecule has 0 spiro atoms. The van der Waals surface area contributed by atoms with E-state index in [0.717, 1.165) is 0 Å². The summed E-state index contributed by atoms with van der Waals surface area (Å²) in [5.74, 6) is 0. The lowest BCUT2D eigenvalue weighted by atomic mass is 10.2. The molecule has 0 fully saturated rings. The average molecular weight is 160 g/mol. The fourth-order valence-corrected chi connectivity index (χ4v) is 0.962. The predicted octanol–water partition coefficient (Wildman–Crippen LogP) is 2.75. The maximum absolute atomic E-state index is 10.7. The van der Waals surface area contributed by atoms with Crippen molar-refractivity contribution in [2.75, 3.05) is 0 Å². The topological polar surface area (TPSA) is 37.3 Å². The average Bonchev–Trinajstić information content (AvgIpc) is 1.62. The van der Waals surface area contributed by atoms with Gasteiger partial charge < -0.3 is 5.11 Å². The van der Waals surface area contributed by atoms with Gasteiger partial charge in [0.2, 0.25) is 0 Å². The fraction of sp³-hybridized carbons (Fsp3) is 0.857. The van der Waals surface area contributed by atoms with Crippen LogP contribution >= 0.6 is 0 Å². The summed E-state index contributed by atoms with van der Waals surface area (Å²) in [5.41, 5.74) is -0.597. The lowest BCUT2D eigenvalue weighted by Crippen LogP contribution is -2.45. The number of hydrogen-bond donors (Lipinski definition) is 1. The summed E-state index contributed by atoms with van der Waals surface area (Å²) >= 11 is 0. The summed E-state index contributed by atoms with van der Waals surface area (Å²) in [7, 11) is -2.07. The lowest BCUT2D eigenvalue weighted by Gasteiger charge is -2.31. The van der Waals surface area contributed by atoms with Gasteiger partial charge in [-0.3, -0.25) is 4.79 Å². The third-order valence-corrected chi connectivity index (χ3v) is 7.23. The van der Waals surface area contributed by atoms with Crippen LogP contribution in [-0.2, 0) is 0 Å². The molecule has 0 aliphatic heterocycles. The Kier molecular flexibility index (Phi) is 2.31. The Bertz CT molecular complexity index is 144. The SMILES string of the molecule is CC(C)(C)[Si](C)(C)C(=O)O. The Hall–Kier alpha value is -0.313. The summed E-state index contributed by atoms with van der Waals surface area (Å²) in [5, 5.41) is 8.80. The van der Waals surface area contributed by atoms with Gasteiger partial charge in [-0.1, -0.05) is 33.9 Å². The molecule has 0 aliphatic carbocycles. The third-order valence-electron chi connectivity index (χ3n) is 2.41. The van der Waals surface area contributed by atoms with Gasteiger partial charge in [0, 0.05) is 0 Å². The Labute approximate surface area is 63.3 Å². The van der Waals surface area contributed by atoms with E-state index in [1.807, 2.05) is 33.9 Å². The van der Waals surface area contributed by atoms with Crippen LogP contribution in [0.1, 0.15) is 20.8 Å².